The molecular formula is C47H82F3N7O2. The molecule has 0 atom stereocenters. The van der Waals surface area contributed by atoms with Crippen molar-refractivity contribution in [3.63, 3.8) is 0 Å². The highest BCUT2D eigenvalue weighted by Crippen LogP contribution is 2.22. The molecule has 0 unspecified atom stereocenters. The van der Waals surface area contributed by atoms with Crippen molar-refractivity contribution < 1.29 is 22.7 Å². The van der Waals surface area contributed by atoms with Crippen LogP contribution in [0.5, 0.6) is 0 Å². The molecule has 338 valence electrons. The Bertz CT molecular complexity index is 1420. The number of halogens is 3. The molecule has 3 aliphatic heterocycles. The lowest BCUT2D eigenvalue weighted by molar-refractivity contribution is -0.148. The quantitative estimate of drug-likeness (QED) is 0.262. The maximum absolute atomic E-state index is 11.9. The van der Waals surface area contributed by atoms with Crippen LogP contribution >= 0.6 is 0 Å². The molecular weight excluding hydrogens is 752 g/mol. The van der Waals surface area contributed by atoms with Crippen molar-refractivity contribution in [2.24, 2.45) is 5.92 Å². The van der Waals surface area contributed by atoms with Crippen molar-refractivity contribution in [2.75, 3.05) is 56.6 Å². The van der Waals surface area contributed by atoms with E-state index in [1.54, 1.807) is 6.92 Å². The van der Waals surface area contributed by atoms with Gasteiger partial charge in [-0.25, -0.2) is 0 Å². The zero-order valence-electron chi connectivity index (χ0n) is 39.3. The summed E-state index contributed by atoms with van der Waals surface area (Å²) in [5, 5.41) is 6.81. The number of rotatable bonds is 5. The van der Waals surface area contributed by atoms with Crippen LogP contribution in [-0.4, -0.2) is 94.9 Å². The molecule has 3 aliphatic rings. The van der Waals surface area contributed by atoms with Gasteiger partial charge >= 0.3 is 6.18 Å². The second-order valence-corrected chi connectivity index (χ2v) is 14.8. The number of nitrogens with one attached hydrogen (secondary N) is 2. The molecule has 12 heteroatoms. The minimum absolute atomic E-state index is 0.181. The maximum atomic E-state index is 11.9. The lowest BCUT2D eigenvalue weighted by Gasteiger charge is -2.32. The number of carbonyl (C=O) groups is 1. The first kappa shape index (κ1) is 57.3. The van der Waals surface area contributed by atoms with Crippen LogP contribution in [-0.2, 0) is 9.53 Å². The highest BCUT2D eigenvalue weighted by molar-refractivity contribution is 5.73. The molecule has 0 spiro atoms. The number of likely N-dealkylation sites (tertiary alicyclic amines) is 2. The van der Waals surface area contributed by atoms with Crippen molar-refractivity contribution in [3.05, 3.63) is 77.6 Å². The molecule has 9 nitrogen and oxygen atoms in total. The predicted molar refractivity (Wildman–Crippen MR) is 244 cm³/mol. The normalized spacial score (nSPS) is 15.1. The third kappa shape index (κ3) is 30.9. The molecule has 59 heavy (non-hydrogen) atoms. The van der Waals surface area contributed by atoms with Crippen LogP contribution in [0.4, 0.5) is 24.5 Å². The van der Waals surface area contributed by atoms with Gasteiger partial charge in [0.15, 0.2) is 0 Å². The largest absolute Gasteiger partial charge is 0.401 e. The average Bonchev–Trinajstić information content (AvgIpc) is 3.17. The van der Waals surface area contributed by atoms with Crippen LogP contribution in [0.15, 0.2) is 55.4 Å². The number of amides is 1. The van der Waals surface area contributed by atoms with Gasteiger partial charge in [0.05, 0.1) is 37.2 Å². The average molecular weight is 834 g/mol. The lowest BCUT2D eigenvalue weighted by Crippen LogP contribution is -2.41. The van der Waals surface area contributed by atoms with Gasteiger partial charge in [-0.15, -0.1) is 0 Å². The van der Waals surface area contributed by atoms with Crippen molar-refractivity contribution in [2.45, 2.75) is 154 Å². The fourth-order valence-corrected chi connectivity index (χ4v) is 5.58. The highest BCUT2D eigenvalue weighted by Gasteiger charge is 2.31. The second-order valence-electron chi connectivity index (χ2n) is 14.8. The van der Waals surface area contributed by atoms with Gasteiger partial charge in [0, 0.05) is 63.2 Å². The Hall–Kier alpha value is -3.77. The fourth-order valence-electron chi connectivity index (χ4n) is 5.58. The molecule has 1 amide bonds. The number of aromatic nitrogens is 3. The molecule has 0 saturated carbocycles. The highest BCUT2D eigenvalue weighted by atomic mass is 19.4. The summed E-state index contributed by atoms with van der Waals surface area (Å²) >= 11 is 0. The number of anilines is 2. The summed E-state index contributed by atoms with van der Waals surface area (Å²) in [5.41, 5.74) is 6.96. The standard InChI is InChI=1S/C13H19N3O.C9H12N2O.C8H14F3N.C7H9N.2C3H8.2C2H6/c1-10-7-13(9-14-8-10)15-12-3-5-16(6-4-12)11(2)17;1-7-2-8(4-10-3-7)11-9-5-12-6-9;1-7-2-4-12(5-3-7)6-8(9,10)11;1-6-3-7(2)5-8-4-6;2*1-3-2;2*1-2/h7-9,12,15H,3-6H2,1-2H3;2-4,9,11H,5-6H2,1H3;7H,2-6H2,1H3;3-5H,1-2H3;2*3H2,1-2H3;2*1-2H3. The number of nitrogens with zero attached hydrogens (tertiary/aromatic N) is 5. The van der Waals surface area contributed by atoms with Gasteiger partial charge in [0.2, 0.25) is 5.91 Å². The van der Waals surface area contributed by atoms with Crippen LogP contribution in [0.1, 0.15) is 130 Å². The molecule has 3 saturated heterocycles. The molecule has 6 heterocycles. The number of piperidine rings is 2. The van der Waals surface area contributed by atoms with E-state index in [-0.39, 0.29) is 5.91 Å². The first-order valence-corrected chi connectivity index (χ1v) is 22.0. The van der Waals surface area contributed by atoms with Crippen molar-refractivity contribution in [1.82, 2.24) is 24.8 Å². The Morgan fingerprint density at radius 1 is 0.661 bits per heavy atom. The van der Waals surface area contributed by atoms with E-state index >= 15 is 0 Å². The topological polar surface area (TPSA) is 95.5 Å². The Labute approximate surface area is 357 Å². The molecule has 0 radical (unpaired) electrons. The fraction of sp³-hybridized carbons (Fsp3) is 0.660. The molecule has 6 rings (SSSR count). The first-order valence-electron chi connectivity index (χ1n) is 22.0. The number of hydrogen-bond donors (Lipinski definition) is 2. The van der Waals surface area contributed by atoms with E-state index in [1.807, 2.05) is 97.5 Å². The van der Waals surface area contributed by atoms with Gasteiger partial charge < -0.3 is 20.3 Å². The minimum Gasteiger partial charge on any atom is -0.381 e. The van der Waals surface area contributed by atoms with E-state index in [0.717, 1.165) is 68.9 Å². The number of alkyl halides is 3. The molecule has 0 aliphatic carbocycles. The van der Waals surface area contributed by atoms with E-state index in [2.05, 4.69) is 78.4 Å². The first-order chi connectivity index (χ1) is 28.1. The molecule has 0 aromatic carbocycles. The number of carbonyl (C=O) groups excluding carboxylic acids is 1. The van der Waals surface area contributed by atoms with Gasteiger partial charge in [-0.05, 0) is 107 Å². The van der Waals surface area contributed by atoms with Gasteiger partial charge in [-0.3, -0.25) is 24.6 Å². The van der Waals surface area contributed by atoms with Gasteiger partial charge in [-0.1, -0.05) is 81.2 Å². The van der Waals surface area contributed by atoms with E-state index < -0.39 is 12.7 Å². The minimum atomic E-state index is -4.03. The third-order valence-corrected chi connectivity index (χ3v) is 8.36. The summed E-state index contributed by atoms with van der Waals surface area (Å²) in [6.45, 7) is 32.2. The second kappa shape index (κ2) is 35.0. The molecule has 3 fully saturated rings. The number of aryl methyl sites for hydroxylation is 4. The third-order valence-electron chi connectivity index (χ3n) is 8.36. The monoisotopic (exact) mass is 834 g/mol. The van der Waals surface area contributed by atoms with Crippen molar-refractivity contribution >= 4 is 17.3 Å². The Kier molecular flexibility index (Phi) is 34.0. The van der Waals surface area contributed by atoms with Crippen LogP contribution < -0.4 is 10.6 Å². The number of ether oxygens (including phenoxy) is 1. The van der Waals surface area contributed by atoms with E-state index in [1.165, 1.54) is 34.4 Å². The molecule has 2 N–H and O–H groups in total. The molecule has 3 aromatic rings. The van der Waals surface area contributed by atoms with Crippen LogP contribution in [0, 0.1) is 33.6 Å². The molecule has 3 aromatic heterocycles. The lowest BCUT2D eigenvalue weighted by atomic mass is 9.99. The van der Waals surface area contributed by atoms with Gasteiger partial charge in [0.25, 0.3) is 0 Å². The Morgan fingerprint density at radius 2 is 1.03 bits per heavy atom. The zero-order valence-corrected chi connectivity index (χ0v) is 39.3. The Balaban J connectivity index is 0. The van der Waals surface area contributed by atoms with Gasteiger partial charge in [0.1, 0.15) is 0 Å². The van der Waals surface area contributed by atoms with Crippen LogP contribution in [0.25, 0.3) is 0 Å². The summed E-state index contributed by atoms with van der Waals surface area (Å²) in [6.07, 6.45) is 13.4. The number of hydrogen-bond acceptors (Lipinski definition) is 8. The van der Waals surface area contributed by atoms with Crippen molar-refractivity contribution in [3.8, 4) is 0 Å². The summed E-state index contributed by atoms with van der Waals surface area (Å²) in [5.74, 6) is 0.773. The van der Waals surface area contributed by atoms with E-state index in [9.17, 15) is 18.0 Å². The predicted octanol–water partition coefficient (Wildman–Crippen LogP) is 11.9. The van der Waals surface area contributed by atoms with Crippen LogP contribution in [0.2, 0.25) is 0 Å². The van der Waals surface area contributed by atoms with Crippen molar-refractivity contribution in [1.29, 1.82) is 0 Å². The zero-order chi connectivity index (χ0) is 45.2. The maximum Gasteiger partial charge on any atom is 0.401 e. The summed E-state index contributed by atoms with van der Waals surface area (Å²) in [7, 11) is 0. The smallest absolute Gasteiger partial charge is 0.381 e. The Morgan fingerprint density at radius 3 is 1.34 bits per heavy atom. The summed E-state index contributed by atoms with van der Waals surface area (Å²) in [4.78, 5) is 26.8. The number of pyridine rings is 3. The SMILES string of the molecule is CC.CC.CC(=O)N1CCC(Nc2cncc(C)c2)CC1.CC1CCN(CC(F)(F)F)CC1.CCC.CCC.Cc1cncc(C)c1.Cc1cncc(NC2COC2)c1. The molecule has 0 bridgehead atoms. The van der Waals surface area contributed by atoms with E-state index in [4.69, 9.17) is 4.74 Å². The van der Waals surface area contributed by atoms with Gasteiger partial charge in [-0.2, -0.15) is 13.2 Å². The summed E-state index contributed by atoms with van der Waals surface area (Å²) < 4.78 is 40.7. The van der Waals surface area contributed by atoms with E-state index in [0.29, 0.717) is 31.1 Å². The summed E-state index contributed by atoms with van der Waals surface area (Å²) in [6, 6.07) is 7.23. The van der Waals surface area contributed by atoms with Crippen LogP contribution in [0.3, 0.4) is 0 Å².